The summed E-state index contributed by atoms with van der Waals surface area (Å²) in [5.74, 6) is -1.94. The molecule has 0 N–H and O–H groups in total. The molecule has 0 aliphatic heterocycles. The SMILES string of the molecule is O=C(CS(=O)(=O)Cc1ccco1)Oc1ccc([N+](=O)[O-])cc1. The van der Waals surface area contributed by atoms with Crippen molar-refractivity contribution >= 4 is 21.5 Å². The molecule has 0 amide bonds. The number of esters is 1. The Balaban J connectivity index is 1.96. The Bertz CT molecular complexity index is 763. The van der Waals surface area contributed by atoms with E-state index in [1.54, 1.807) is 6.07 Å². The molecule has 9 heteroatoms. The average Bonchev–Trinajstić information content (AvgIpc) is 2.90. The van der Waals surface area contributed by atoms with Crippen molar-refractivity contribution in [1.82, 2.24) is 0 Å². The number of carbonyl (C=O) groups is 1. The van der Waals surface area contributed by atoms with Gasteiger partial charge in [-0.15, -0.1) is 0 Å². The third kappa shape index (κ3) is 4.42. The van der Waals surface area contributed by atoms with Crippen LogP contribution in [0.4, 0.5) is 5.69 Å². The fourth-order valence-corrected chi connectivity index (χ4v) is 2.76. The first-order valence-electron chi connectivity index (χ1n) is 6.04. The lowest BCUT2D eigenvalue weighted by molar-refractivity contribution is -0.384. The third-order valence-corrected chi connectivity index (χ3v) is 3.96. The molecule has 0 spiro atoms. The smallest absolute Gasteiger partial charge is 0.326 e. The van der Waals surface area contributed by atoms with Crippen LogP contribution in [-0.4, -0.2) is 25.1 Å². The summed E-state index contributed by atoms with van der Waals surface area (Å²) >= 11 is 0. The number of sulfone groups is 1. The van der Waals surface area contributed by atoms with E-state index < -0.39 is 32.2 Å². The van der Waals surface area contributed by atoms with E-state index in [0.29, 0.717) is 0 Å². The Morgan fingerprint density at radius 1 is 1.23 bits per heavy atom. The number of hydrogen-bond acceptors (Lipinski definition) is 7. The summed E-state index contributed by atoms with van der Waals surface area (Å²) in [4.78, 5) is 21.5. The highest BCUT2D eigenvalue weighted by atomic mass is 32.2. The minimum Gasteiger partial charge on any atom is -0.468 e. The van der Waals surface area contributed by atoms with Crippen LogP contribution in [0.25, 0.3) is 0 Å². The van der Waals surface area contributed by atoms with Crippen molar-refractivity contribution in [1.29, 1.82) is 0 Å². The number of nitrogens with zero attached hydrogens (tertiary/aromatic N) is 1. The van der Waals surface area contributed by atoms with E-state index >= 15 is 0 Å². The molecule has 0 aliphatic rings. The molecule has 0 aliphatic carbocycles. The molecule has 0 saturated heterocycles. The molecule has 1 aromatic carbocycles. The maximum absolute atomic E-state index is 11.8. The van der Waals surface area contributed by atoms with E-state index in [1.165, 1.54) is 24.5 Å². The van der Waals surface area contributed by atoms with Crippen molar-refractivity contribution in [3.63, 3.8) is 0 Å². The molecule has 2 aromatic rings. The fraction of sp³-hybridized carbons (Fsp3) is 0.154. The van der Waals surface area contributed by atoms with E-state index in [9.17, 15) is 23.3 Å². The molecular weight excluding hydrogens is 314 g/mol. The molecular formula is C13H11NO7S. The first kappa shape index (κ1) is 15.7. The zero-order valence-corrected chi connectivity index (χ0v) is 12.0. The van der Waals surface area contributed by atoms with E-state index in [-0.39, 0.29) is 17.2 Å². The molecule has 1 heterocycles. The zero-order chi connectivity index (χ0) is 16.2. The second kappa shape index (κ2) is 6.39. The maximum atomic E-state index is 11.8. The maximum Gasteiger partial charge on any atom is 0.326 e. The number of rotatable bonds is 6. The van der Waals surface area contributed by atoms with Gasteiger partial charge in [-0.05, 0) is 24.3 Å². The molecule has 116 valence electrons. The molecule has 0 unspecified atom stereocenters. The van der Waals surface area contributed by atoms with Crippen LogP contribution in [0, 0.1) is 10.1 Å². The van der Waals surface area contributed by atoms with Crippen LogP contribution in [0.2, 0.25) is 0 Å². The van der Waals surface area contributed by atoms with Gasteiger partial charge in [0, 0.05) is 12.1 Å². The number of furan rings is 1. The summed E-state index contributed by atoms with van der Waals surface area (Å²) in [6, 6.07) is 7.77. The van der Waals surface area contributed by atoms with E-state index in [0.717, 1.165) is 12.1 Å². The monoisotopic (exact) mass is 325 g/mol. The Morgan fingerprint density at radius 3 is 2.45 bits per heavy atom. The number of nitro benzene ring substituents is 1. The van der Waals surface area contributed by atoms with Gasteiger partial charge in [0.05, 0.1) is 11.2 Å². The quantitative estimate of drug-likeness (QED) is 0.343. The van der Waals surface area contributed by atoms with Crippen LogP contribution < -0.4 is 4.74 Å². The van der Waals surface area contributed by atoms with Gasteiger partial charge in [0.2, 0.25) is 0 Å². The molecule has 0 saturated carbocycles. The van der Waals surface area contributed by atoms with Crippen molar-refractivity contribution in [3.05, 3.63) is 58.5 Å². The topological polar surface area (TPSA) is 117 Å². The Morgan fingerprint density at radius 2 is 1.91 bits per heavy atom. The number of non-ortho nitro benzene ring substituents is 1. The minimum absolute atomic E-state index is 0.0313. The Labute approximate surface area is 125 Å². The van der Waals surface area contributed by atoms with Gasteiger partial charge < -0.3 is 9.15 Å². The molecule has 0 bridgehead atoms. The standard InChI is InChI=1S/C13H11NO7S/c15-13(9-22(18,19)8-12-2-1-7-20-12)21-11-5-3-10(4-6-11)14(16)17/h1-7H,8-9H2. The summed E-state index contributed by atoms with van der Waals surface area (Å²) in [7, 11) is -3.72. The summed E-state index contributed by atoms with van der Waals surface area (Å²) in [6.07, 6.45) is 1.33. The van der Waals surface area contributed by atoms with E-state index in [4.69, 9.17) is 9.15 Å². The summed E-state index contributed by atoms with van der Waals surface area (Å²) in [5, 5.41) is 10.5. The van der Waals surface area contributed by atoms with Crippen molar-refractivity contribution in [2.75, 3.05) is 5.75 Å². The second-order valence-electron chi connectivity index (χ2n) is 4.34. The fourth-order valence-electron chi connectivity index (χ4n) is 1.64. The highest BCUT2D eigenvalue weighted by Crippen LogP contribution is 2.17. The van der Waals surface area contributed by atoms with Gasteiger partial charge in [-0.25, -0.2) is 8.42 Å². The number of benzene rings is 1. The van der Waals surface area contributed by atoms with Gasteiger partial charge in [-0.3, -0.25) is 14.9 Å². The molecule has 8 nitrogen and oxygen atoms in total. The average molecular weight is 325 g/mol. The van der Waals surface area contributed by atoms with E-state index in [2.05, 4.69) is 0 Å². The highest BCUT2D eigenvalue weighted by molar-refractivity contribution is 7.91. The first-order valence-corrected chi connectivity index (χ1v) is 7.86. The zero-order valence-electron chi connectivity index (χ0n) is 11.2. The number of hydrogen-bond donors (Lipinski definition) is 0. The van der Waals surface area contributed by atoms with Crippen LogP contribution in [0.5, 0.6) is 5.75 Å². The summed E-state index contributed by atoms with van der Waals surface area (Å²) in [6.45, 7) is 0. The molecule has 0 fully saturated rings. The third-order valence-electron chi connectivity index (χ3n) is 2.56. The first-order chi connectivity index (χ1) is 10.4. The van der Waals surface area contributed by atoms with Gasteiger partial charge in [0.1, 0.15) is 23.0 Å². The van der Waals surface area contributed by atoms with Crippen LogP contribution in [-0.2, 0) is 20.4 Å². The second-order valence-corrected chi connectivity index (χ2v) is 6.40. The highest BCUT2D eigenvalue weighted by Gasteiger charge is 2.20. The van der Waals surface area contributed by atoms with Gasteiger partial charge in [0.15, 0.2) is 9.84 Å². The van der Waals surface area contributed by atoms with Crippen molar-refractivity contribution in [2.45, 2.75) is 5.75 Å². The lowest BCUT2D eigenvalue weighted by Crippen LogP contribution is -2.22. The van der Waals surface area contributed by atoms with Gasteiger partial charge in [0.25, 0.3) is 5.69 Å². The lowest BCUT2D eigenvalue weighted by atomic mass is 10.3. The van der Waals surface area contributed by atoms with Crippen LogP contribution in [0.15, 0.2) is 47.1 Å². The molecule has 2 rings (SSSR count). The minimum atomic E-state index is -3.72. The van der Waals surface area contributed by atoms with Gasteiger partial charge >= 0.3 is 5.97 Å². The van der Waals surface area contributed by atoms with Crippen LogP contribution in [0.3, 0.4) is 0 Å². The summed E-state index contributed by atoms with van der Waals surface area (Å²) in [5.41, 5.74) is -0.162. The molecule has 0 atom stereocenters. The van der Waals surface area contributed by atoms with Crippen molar-refractivity contribution in [2.24, 2.45) is 0 Å². The largest absolute Gasteiger partial charge is 0.468 e. The Kier molecular flexibility index (Phi) is 4.56. The number of nitro groups is 1. The molecule has 0 radical (unpaired) electrons. The normalized spacial score (nSPS) is 11.1. The van der Waals surface area contributed by atoms with E-state index in [1.807, 2.05) is 0 Å². The Hall–Kier alpha value is -2.68. The van der Waals surface area contributed by atoms with Crippen LogP contribution >= 0.6 is 0 Å². The predicted octanol–water partition coefficient (Wildman–Crippen LogP) is 1.71. The van der Waals surface area contributed by atoms with Crippen LogP contribution in [0.1, 0.15) is 5.76 Å². The van der Waals surface area contributed by atoms with Gasteiger partial charge in [-0.1, -0.05) is 0 Å². The number of ether oxygens (including phenoxy) is 1. The van der Waals surface area contributed by atoms with Gasteiger partial charge in [-0.2, -0.15) is 0 Å². The molecule has 22 heavy (non-hydrogen) atoms. The molecule has 1 aromatic heterocycles. The van der Waals surface area contributed by atoms with Crippen molar-refractivity contribution < 1.29 is 27.3 Å². The lowest BCUT2D eigenvalue weighted by Gasteiger charge is -2.04. The predicted molar refractivity (Wildman–Crippen MR) is 74.9 cm³/mol. The summed E-state index contributed by atoms with van der Waals surface area (Å²) < 4.78 is 33.3. The number of carbonyl (C=O) groups excluding carboxylic acids is 1. The van der Waals surface area contributed by atoms with Crippen molar-refractivity contribution in [3.8, 4) is 5.75 Å².